The molecule has 0 saturated carbocycles. The highest BCUT2D eigenvalue weighted by atomic mass is 16.5. The molecule has 0 radical (unpaired) electrons. The number of unbranched alkanes of at least 4 members (excludes halogenated alkanes) is 4. The van der Waals surface area contributed by atoms with Gasteiger partial charge in [-0.1, -0.05) is 49.9 Å². The van der Waals surface area contributed by atoms with Crippen molar-refractivity contribution in [1.82, 2.24) is 4.57 Å². The molecule has 8 heteroatoms. The molecule has 0 fully saturated rings. The Kier molecular flexibility index (Phi) is 11.3. The average Bonchev–Trinajstić information content (AvgIpc) is 3.51. The van der Waals surface area contributed by atoms with Crippen LogP contribution in [0.1, 0.15) is 70.8 Å². The van der Waals surface area contributed by atoms with Gasteiger partial charge in [0.15, 0.2) is 0 Å². The van der Waals surface area contributed by atoms with Crippen LogP contribution in [0.15, 0.2) is 78.1 Å². The van der Waals surface area contributed by atoms with E-state index in [1.165, 1.54) is 0 Å². The molecular formula is C40H45N2O6+. The first-order valence-electron chi connectivity index (χ1n) is 17.0. The van der Waals surface area contributed by atoms with Gasteiger partial charge in [0.1, 0.15) is 12.3 Å². The lowest BCUT2D eigenvalue weighted by atomic mass is 9.86. The van der Waals surface area contributed by atoms with Crippen LogP contribution in [0.2, 0.25) is 0 Å². The molecule has 1 aliphatic heterocycles. The fraction of sp³-hybridized carbons (Fsp3) is 0.350. The Morgan fingerprint density at radius 3 is 2.19 bits per heavy atom. The monoisotopic (exact) mass is 649 g/mol. The third kappa shape index (κ3) is 7.28. The van der Waals surface area contributed by atoms with Gasteiger partial charge in [0.25, 0.3) is 0 Å². The van der Waals surface area contributed by atoms with Gasteiger partial charge >= 0.3 is 11.9 Å². The molecule has 0 bridgehead atoms. The number of carbonyl (C=O) groups excluding carboxylic acids is 3. The maximum atomic E-state index is 13.6. The van der Waals surface area contributed by atoms with Crippen molar-refractivity contribution in [2.75, 3.05) is 19.8 Å². The predicted octanol–water partition coefficient (Wildman–Crippen LogP) is 6.21. The molecule has 1 N–H and O–H groups in total. The Morgan fingerprint density at radius 2 is 1.50 bits per heavy atom. The van der Waals surface area contributed by atoms with Crippen LogP contribution in [0.4, 0.5) is 5.69 Å². The number of aromatic nitrogens is 1. The number of hydrogen-bond donors (Lipinski definition) is 1. The van der Waals surface area contributed by atoms with Crippen LogP contribution in [0.25, 0.3) is 29.1 Å². The van der Waals surface area contributed by atoms with Crippen LogP contribution >= 0.6 is 0 Å². The SMILES string of the molecule is C=C1C(/C=C2/C(=O)C(/C=c3\c(=C)c4ccccc4n3CCCCCC(=O)OCC)=C2O)=[N+](CCCCCC(=O)OCC)c2ccccc21. The van der Waals surface area contributed by atoms with Crippen molar-refractivity contribution in [2.24, 2.45) is 0 Å². The van der Waals surface area contributed by atoms with E-state index in [0.29, 0.717) is 39.1 Å². The Labute approximate surface area is 281 Å². The van der Waals surface area contributed by atoms with Gasteiger partial charge in [0.05, 0.1) is 35.5 Å². The van der Waals surface area contributed by atoms with Crippen molar-refractivity contribution < 1.29 is 33.5 Å². The zero-order valence-electron chi connectivity index (χ0n) is 28.1. The van der Waals surface area contributed by atoms with Gasteiger partial charge in [0.2, 0.25) is 17.2 Å². The summed E-state index contributed by atoms with van der Waals surface area (Å²) in [7, 11) is 0. The third-order valence-corrected chi connectivity index (χ3v) is 8.94. The molecule has 2 heterocycles. The van der Waals surface area contributed by atoms with Gasteiger partial charge in [-0.25, -0.2) is 0 Å². The van der Waals surface area contributed by atoms with Crippen molar-refractivity contribution in [2.45, 2.75) is 71.8 Å². The maximum Gasteiger partial charge on any atom is 0.305 e. The van der Waals surface area contributed by atoms with E-state index < -0.39 is 0 Å². The van der Waals surface area contributed by atoms with E-state index in [1.807, 2.05) is 48.5 Å². The second-order valence-corrected chi connectivity index (χ2v) is 12.1. The van der Waals surface area contributed by atoms with E-state index in [2.05, 4.69) is 22.3 Å². The molecule has 1 aliphatic carbocycles. The van der Waals surface area contributed by atoms with Crippen molar-refractivity contribution in [3.05, 3.63) is 94.2 Å². The molecule has 2 aliphatic rings. The topological polar surface area (TPSA) is 97.8 Å². The third-order valence-electron chi connectivity index (χ3n) is 8.94. The largest absolute Gasteiger partial charge is 0.506 e. The van der Waals surface area contributed by atoms with Crippen LogP contribution in [0.5, 0.6) is 0 Å². The highest BCUT2D eigenvalue weighted by molar-refractivity contribution is 6.34. The van der Waals surface area contributed by atoms with Crippen LogP contribution in [-0.2, 0) is 30.4 Å². The number of benzene rings is 2. The number of nitrogens with zero attached hydrogens (tertiary/aromatic N) is 2. The Bertz CT molecular complexity index is 1960. The van der Waals surface area contributed by atoms with Crippen LogP contribution in [-0.4, -0.2) is 57.4 Å². The van der Waals surface area contributed by atoms with Gasteiger partial charge in [-0.05, 0) is 57.7 Å². The Hall–Kier alpha value is -4.98. The van der Waals surface area contributed by atoms with Gasteiger partial charge in [0, 0.05) is 59.4 Å². The summed E-state index contributed by atoms with van der Waals surface area (Å²) in [5, 5.41) is 13.8. The lowest BCUT2D eigenvalue weighted by Gasteiger charge is -2.18. The number of aliphatic hydroxyl groups excluding tert-OH is 1. The fourth-order valence-corrected chi connectivity index (χ4v) is 6.48. The smallest absolute Gasteiger partial charge is 0.305 e. The minimum atomic E-state index is -0.233. The molecule has 0 atom stereocenters. The number of fused-ring (bicyclic) bond motifs is 2. The van der Waals surface area contributed by atoms with Gasteiger partial charge < -0.3 is 19.1 Å². The number of esters is 2. The predicted molar refractivity (Wildman–Crippen MR) is 189 cm³/mol. The van der Waals surface area contributed by atoms with Crippen LogP contribution < -0.4 is 10.6 Å². The molecule has 0 saturated heterocycles. The number of para-hydroxylation sites is 2. The molecule has 3 aromatic rings. The minimum absolute atomic E-state index is 0.0451. The number of ether oxygens (including phenoxy) is 2. The number of ketones is 1. The van der Waals surface area contributed by atoms with Crippen LogP contribution in [0.3, 0.4) is 0 Å². The quantitative estimate of drug-likeness (QED) is 0.0858. The molecule has 2 aromatic carbocycles. The Morgan fingerprint density at radius 1 is 0.854 bits per heavy atom. The lowest BCUT2D eigenvalue weighted by Crippen LogP contribution is -2.32. The first-order chi connectivity index (χ1) is 23.3. The molecule has 0 unspecified atom stereocenters. The number of carbonyl (C=O) groups is 3. The zero-order chi connectivity index (χ0) is 34.2. The highest BCUT2D eigenvalue weighted by Gasteiger charge is 2.37. The first kappa shape index (κ1) is 34.4. The summed E-state index contributed by atoms with van der Waals surface area (Å²) in [6.07, 6.45) is 9.15. The normalized spacial score (nSPS) is 15.5. The van der Waals surface area contributed by atoms with Crippen molar-refractivity contribution in [1.29, 1.82) is 0 Å². The summed E-state index contributed by atoms with van der Waals surface area (Å²) in [5.41, 5.74) is 5.10. The van der Waals surface area contributed by atoms with E-state index in [4.69, 9.17) is 9.47 Å². The molecule has 1 aromatic heterocycles. The van der Waals surface area contributed by atoms with Crippen LogP contribution in [0, 0.1) is 0 Å². The molecule has 8 nitrogen and oxygen atoms in total. The standard InChI is InChI=1S/C40H44N2O6/c1-5-47-37(43)21-9-7-15-23-41-33-19-13-11-17-29(33)27(3)35(41)25-31-39(45)32(40(31)46)26-36-28(4)30-18-12-14-20-34(30)42(36)24-16-8-10-22-38(44)48-6-2/h11-14,17-20,25-26H,3-10,15-16,21-24H2,1-2H3/p+1. The molecular weight excluding hydrogens is 604 g/mol. The van der Waals surface area contributed by atoms with E-state index in [-0.39, 0.29) is 34.6 Å². The van der Waals surface area contributed by atoms with Crippen molar-refractivity contribution in [3.8, 4) is 0 Å². The number of aliphatic hydroxyl groups is 1. The molecule has 5 rings (SSSR count). The molecule has 250 valence electrons. The highest BCUT2D eigenvalue weighted by Crippen LogP contribution is 2.37. The summed E-state index contributed by atoms with van der Waals surface area (Å²) in [6, 6.07) is 16.0. The maximum absolute atomic E-state index is 13.6. The van der Waals surface area contributed by atoms with Crippen molar-refractivity contribution in [3.63, 3.8) is 0 Å². The van der Waals surface area contributed by atoms with E-state index >= 15 is 0 Å². The Balaban J connectivity index is 1.40. The van der Waals surface area contributed by atoms with Crippen molar-refractivity contribution >= 4 is 58.3 Å². The summed E-state index contributed by atoms with van der Waals surface area (Å²) in [5.74, 6) is -0.629. The lowest BCUT2D eigenvalue weighted by molar-refractivity contribution is -0.436. The van der Waals surface area contributed by atoms with Gasteiger partial charge in [-0.15, -0.1) is 0 Å². The van der Waals surface area contributed by atoms with E-state index in [0.717, 1.165) is 82.5 Å². The molecule has 48 heavy (non-hydrogen) atoms. The number of hydrogen-bond acceptors (Lipinski definition) is 6. The average molecular weight is 650 g/mol. The first-order valence-corrected chi connectivity index (χ1v) is 17.0. The number of Topliss-reactive ketones (excluding diaryl/α,β-unsaturated/α-hetero) is 1. The number of rotatable bonds is 16. The molecule has 0 amide bonds. The van der Waals surface area contributed by atoms with Gasteiger partial charge in [-0.2, -0.15) is 4.58 Å². The number of allylic oxidation sites excluding steroid dienone is 4. The summed E-state index contributed by atoms with van der Waals surface area (Å²) in [4.78, 5) is 37.1. The van der Waals surface area contributed by atoms with E-state index in [1.54, 1.807) is 26.0 Å². The van der Waals surface area contributed by atoms with E-state index in [9.17, 15) is 19.5 Å². The summed E-state index contributed by atoms with van der Waals surface area (Å²) < 4.78 is 14.4. The van der Waals surface area contributed by atoms with Gasteiger partial charge in [-0.3, -0.25) is 14.4 Å². The zero-order valence-corrected chi connectivity index (χ0v) is 28.1. The number of aryl methyl sites for hydroxylation is 1. The second-order valence-electron chi connectivity index (χ2n) is 12.1. The fourth-order valence-electron chi connectivity index (χ4n) is 6.48. The minimum Gasteiger partial charge on any atom is -0.506 e. The molecule has 0 spiro atoms. The summed E-state index contributed by atoms with van der Waals surface area (Å²) >= 11 is 0. The summed E-state index contributed by atoms with van der Waals surface area (Å²) in [6.45, 7) is 14.4. The second kappa shape index (κ2) is 15.7.